The summed E-state index contributed by atoms with van der Waals surface area (Å²) in [5.74, 6) is -3.58. The van der Waals surface area contributed by atoms with Gasteiger partial charge in [0.1, 0.15) is 29.4 Å². The molecule has 1 aliphatic carbocycles. The van der Waals surface area contributed by atoms with Crippen LogP contribution < -0.4 is 5.73 Å². The van der Waals surface area contributed by atoms with Crippen LogP contribution in [0.4, 0.5) is 0 Å². The van der Waals surface area contributed by atoms with Gasteiger partial charge in [-0.15, -0.1) is 0 Å². The predicted octanol–water partition coefficient (Wildman–Crippen LogP) is 3.20. The van der Waals surface area contributed by atoms with E-state index in [0.717, 1.165) is 22.3 Å². The molecule has 0 fully saturated rings. The van der Waals surface area contributed by atoms with E-state index in [2.05, 4.69) is 0 Å². The summed E-state index contributed by atoms with van der Waals surface area (Å²) in [6.45, 7) is 4.93. The minimum absolute atomic E-state index is 0.000536. The third-order valence-corrected chi connectivity index (χ3v) is 5.53. The van der Waals surface area contributed by atoms with Gasteiger partial charge < -0.3 is 20.3 Å². The molecule has 8 heteroatoms. The summed E-state index contributed by atoms with van der Waals surface area (Å²) in [4.78, 5) is 25.0. The van der Waals surface area contributed by atoms with Crippen molar-refractivity contribution in [2.75, 3.05) is 6.61 Å². The molecule has 0 aliphatic heterocycles. The van der Waals surface area contributed by atoms with E-state index < -0.39 is 40.8 Å². The minimum atomic E-state index is -1.75. The van der Waals surface area contributed by atoms with Crippen molar-refractivity contribution in [2.24, 2.45) is 11.7 Å². The molecule has 0 saturated carbocycles. The number of rotatable bonds is 7. The number of hydrogen-bond acceptors (Lipinski definition) is 7. The summed E-state index contributed by atoms with van der Waals surface area (Å²) < 4.78 is 10.6. The highest BCUT2D eigenvalue weighted by Gasteiger charge is 2.39. The number of nitrogens with two attached hydrogens (primary N) is 1. The van der Waals surface area contributed by atoms with E-state index in [1.807, 2.05) is 48.5 Å². The Morgan fingerprint density at radius 2 is 1.59 bits per heavy atom. The summed E-state index contributed by atoms with van der Waals surface area (Å²) in [5, 5.41) is 18.0. The number of aliphatic hydroxyl groups is 1. The topological polar surface area (TPSA) is 123 Å². The Kier molecular flexibility index (Phi) is 7.03. The fourth-order valence-electron chi connectivity index (χ4n) is 3.78. The summed E-state index contributed by atoms with van der Waals surface area (Å²) in [5.41, 5.74) is 6.88. The van der Waals surface area contributed by atoms with Gasteiger partial charge in [0.05, 0.1) is 6.04 Å². The van der Waals surface area contributed by atoms with Gasteiger partial charge in [-0.25, -0.2) is 4.79 Å². The Morgan fingerprint density at radius 3 is 2.06 bits per heavy atom. The molecule has 0 amide bonds. The van der Waals surface area contributed by atoms with Crippen LogP contribution in [0.2, 0.25) is 0 Å². The van der Waals surface area contributed by atoms with Crippen LogP contribution in [0.15, 0.2) is 48.5 Å². The average Bonchev–Trinajstić information content (AvgIpc) is 3.04. The minimum Gasteiger partial charge on any atom is -0.464 e. The molecule has 0 aromatic heterocycles. The lowest BCUT2D eigenvalue weighted by atomic mass is 9.95. The van der Waals surface area contributed by atoms with Crippen LogP contribution >= 0.6 is 11.6 Å². The maximum absolute atomic E-state index is 12.8. The van der Waals surface area contributed by atoms with Crippen molar-refractivity contribution in [3.8, 4) is 11.1 Å². The molecule has 0 spiro atoms. The zero-order chi connectivity index (χ0) is 23.6. The van der Waals surface area contributed by atoms with Crippen LogP contribution in [-0.2, 0) is 19.1 Å². The summed E-state index contributed by atoms with van der Waals surface area (Å²) in [7, 11) is 0. The quantitative estimate of drug-likeness (QED) is 0.332. The average molecular weight is 459 g/mol. The standard InChI is InChI=1S/C24H27ClN2O5/c1-24(2,3)32-23(30)20(27)19(26)18(21(25)28)22(29)31-12-17-15-10-6-4-8-13(15)14-9-5-7-11-16(14)17/h4-11,17-19,21,27-28H,12,26H2,1-3H3/t18-,19?,21?/m1/s1. The van der Waals surface area contributed by atoms with E-state index in [9.17, 15) is 14.7 Å². The molecule has 0 heterocycles. The molecule has 0 bridgehead atoms. The van der Waals surface area contributed by atoms with E-state index in [-0.39, 0.29) is 12.5 Å². The first-order valence-electron chi connectivity index (χ1n) is 10.3. The second-order valence-electron chi connectivity index (χ2n) is 8.70. The molecule has 3 rings (SSSR count). The van der Waals surface area contributed by atoms with Crippen LogP contribution in [0.3, 0.4) is 0 Å². The van der Waals surface area contributed by atoms with Crippen molar-refractivity contribution >= 4 is 29.3 Å². The van der Waals surface area contributed by atoms with Crippen molar-refractivity contribution in [3.63, 3.8) is 0 Å². The highest BCUT2D eigenvalue weighted by Crippen LogP contribution is 2.44. The van der Waals surface area contributed by atoms with Gasteiger partial charge in [0.15, 0.2) is 0 Å². The van der Waals surface area contributed by atoms with Gasteiger partial charge in [-0.3, -0.25) is 10.2 Å². The molecule has 32 heavy (non-hydrogen) atoms. The Morgan fingerprint density at radius 1 is 1.09 bits per heavy atom. The number of fused-ring (bicyclic) bond motifs is 3. The molecule has 0 saturated heterocycles. The fourth-order valence-corrected chi connectivity index (χ4v) is 4.04. The first kappa shape index (κ1) is 23.9. The number of hydrogen-bond donors (Lipinski definition) is 3. The molecule has 7 nitrogen and oxygen atoms in total. The van der Waals surface area contributed by atoms with Crippen molar-refractivity contribution in [1.82, 2.24) is 0 Å². The SMILES string of the molecule is CC(C)(C)OC(=O)C(=N)C(N)[C@@H](C(=O)OCC1c2ccccc2-c2ccccc21)C(O)Cl. The number of carbonyl (C=O) groups is 2. The molecule has 4 N–H and O–H groups in total. The number of halogens is 1. The maximum Gasteiger partial charge on any atom is 0.354 e. The van der Waals surface area contributed by atoms with Gasteiger partial charge in [0.25, 0.3) is 0 Å². The lowest BCUT2D eigenvalue weighted by Gasteiger charge is -2.26. The highest BCUT2D eigenvalue weighted by molar-refractivity contribution is 6.38. The molecule has 2 aromatic carbocycles. The van der Waals surface area contributed by atoms with E-state index in [1.54, 1.807) is 20.8 Å². The van der Waals surface area contributed by atoms with E-state index >= 15 is 0 Å². The number of ether oxygens (including phenoxy) is 2. The first-order valence-corrected chi connectivity index (χ1v) is 10.7. The lowest BCUT2D eigenvalue weighted by Crippen LogP contribution is -2.50. The van der Waals surface area contributed by atoms with Crippen LogP contribution in [0, 0.1) is 11.3 Å². The number of benzene rings is 2. The van der Waals surface area contributed by atoms with Crippen molar-refractivity contribution in [2.45, 2.75) is 43.9 Å². The Labute approximate surface area is 192 Å². The van der Waals surface area contributed by atoms with Crippen LogP contribution in [0.5, 0.6) is 0 Å². The van der Waals surface area contributed by atoms with Crippen molar-refractivity contribution in [1.29, 1.82) is 5.41 Å². The molecule has 1 aliphatic rings. The van der Waals surface area contributed by atoms with E-state index in [0.29, 0.717) is 0 Å². The normalized spacial score (nSPS) is 15.8. The van der Waals surface area contributed by atoms with Crippen LogP contribution in [0.25, 0.3) is 11.1 Å². The second kappa shape index (κ2) is 9.40. The highest BCUT2D eigenvalue weighted by atomic mass is 35.5. The summed E-state index contributed by atoms with van der Waals surface area (Å²) >= 11 is 5.80. The fraction of sp³-hybridized carbons (Fsp3) is 0.375. The van der Waals surface area contributed by atoms with Crippen LogP contribution in [-0.4, -0.2) is 46.6 Å². The van der Waals surface area contributed by atoms with Crippen molar-refractivity contribution in [3.05, 3.63) is 59.7 Å². The Balaban J connectivity index is 1.75. The number of carbonyl (C=O) groups excluding carboxylic acids is 2. The lowest BCUT2D eigenvalue weighted by molar-refractivity contribution is -0.151. The zero-order valence-corrected chi connectivity index (χ0v) is 18.9. The first-order chi connectivity index (χ1) is 15.0. The van der Waals surface area contributed by atoms with Crippen LogP contribution in [0.1, 0.15) is 37.8 Å². The smallest absolute Gasteiger partial charge is 0.354 e. The zero-order valence-electron chi connectivity index (χ0n) is 18.2. The van der Waals surface area contributed by atoms with Gasteiger partial charge in [-0.1, -0.05) is 60.1 Å². The third kappa shape index (κ3) is 5.01. The Bertz CT molecular complexity index is 986. The predicted molar refractivity (Wildman–Crippen MR) is 122 cm³/mol. The molecule has 2 unspecified atom stereocenters. The van der Waals surface area contributed by atoms with Gasteiger partial charge in [0.2, 0.25) is 0 Å². The molecule has 2 aromatic rings. The van der Waals surface area contributed by atoms with E-state index in [1.165, 1.54) is 0 Å². The monoisotopic (exact) mass is 458 g/mol. The molecule has 3 atom stereocenters. The van der Waals surface area contributed by atoms with Gasteiger partial charge in [-0.05, 0) is 43.0 Å². The second-order valence-corrected chi connectivity index (χ2v) is 9.14. The number of esters is 2. The molecular formula is C24H27ClN2O5. The van der Waals surface area contributed by atoms with Crippen molar-refractivity contribution < 1.29 is 24.2 Å². The summed E-state index contributed by atoms with van der Waals surface area (Å²) in [6, 6.07) is 14.2. The van der Waals surface area contributed by atoms with E-state index in [4.69, 9.17) is 32.2 Å². The van der Waals surface area contributed by atoms with Gasteiger partial charge >= 0.3 is 11.9 Å². The third-order valence-electron chi connectivity index (χ3n) is 5.26. The largest absolute Gasteiger partial charge is 0.464 e. The molecule has 0 radical (unpaired) electrons. The van der Waals surface area contributed by atoms with Gasteiger partial charge in [-0.2, -0.15) is 0 Å². The summed E-state index contributed by atoms with van der Waals surface area (Å²) in [6.07, 6.45) is 0. The Hall–Kier alpha value is -2.74. The van der Waals surface area contributed by atoms with Gasteiger partial charge in [0, 0.05) is 5.92 Å². The maximum atomic E-state index is 12.8. The number of alkyl halides is 1. The number of aliphatic hydroxyl groups excluding tert-OH is 1. The molecular weight excluding hydrogens is 432 g/mol. The molecule has 170 valence electrons. The number of nitrogens with one attached hydrogen (secondary N) is 1.